The van der Waals surface area contributed by atoms with E-state index in [0.29, 0.717) is 11.8 Å². The fourth-order valence-electron chi connectivity index (χ4n) is 2.91. The second-order valence-corrected chi connectivity index (χ2v) is 4.29. The maximum absolute atomic E-state index is 11.0. The summed E-state index contributed by atoms with van der Waals surface area (Å²) in [5.41, 5.74) is 0. The molecule has 3 atom stereocenters. The quantitative estimate of drug-likeness (QED) is 0.753. The molecule has 0 aromatic rings. The Morgan fingerprint density at radius 3 is 2.60 bits per heavy atom. The number of carboxylic acid groups (broad SMARTS) is 1. The second-order valence-electron chi connectivity index (χ2n) is 4.29. The van der Waals surface area contributed by atoms with E-state index in [1.807, 2.05) is 0 Å². The van der Waals surface area contributed by atoms with E-state index in [2.05, 4.69) is 5.32 Å². The molecule has 0 amide bonds. The summed E-state index contributed by atoms with van der Waals surface area (Å²) in [4.78, 5) is 11.0. The van der Waals surface area contributed by atoms with Gasteiger partial charge in [0, 0.05) is 0 Å². The summed E-state index contributed by atoms with van der Waals surface area (Å²) < 4.78 is 0. The van der Waals surface area contributed by atoms with Crippen molar-refractivity contribution in [2.45, 2.75) is 25.7 Å². The van der Waals surface area contributed by atoms with Crippen LogP contribution in [0.25, 0.3) is 0 Å². The Kier molecular flexibility index (Phi) is 6.57. The number of hydrogen-bond donors (Lipinski definition) is 2. The van der Waals surface area contributed by atoms with Crippen molar-refractivity contribution in [3.8, 4) is 0 Å². The maximum atomic E-state index is 11.0. The van der Waals surface area contributed by atoms with Crippen LogP contribution >= 0.6 is 24.8 Å². The van der Waals surface area contributed by atoms with Crippen LogP contribution in [0.2, 0.25) is 0 Å². The predicted molar refractivity (Wildman–Crippen MR) is 63.9 cm³/mol. The molecule has 1 aliphatic heterocycles. The van der Waals surface area contributed by atoms with Crippen LogP contribution in [0.5, 0.6) is 0 Å². The summed E-state index contributed by atoms with van der Waals surface area (Å²) in [6.07, 6.45) is 4.28. The lowest BCUT2D eigenvalue weighted by Gasteiger charge is -2.39. The molecular weight excluding hydrogens is 237 g/mol. The zero-order valence-corrected chi connectivity index (χ0v) is 10.3. The van der Waals surface area contributed by atoms with Gasteiger partial charge in [-0.15, -0.1) is 24.8 Å². The minimum Gasteiger partial charge on any atom is -0.481 e. The van der Waals surface area contributed by atoms with Crippen molar-refractivity contribution < 1.29 is 9.90 Å². The topological polar surface area (TPSA) is 49.3 Å². The second kappa shape index (κ2) is 6.56. The fourth-order valence-corrected chi connectivity index (χ4v) is 2.91. The SMILES string of the molecule is Cl.Cl.O=C(O)C1CCCC2CNCCC21. The minimum atomic E-state index is -0.573. The molecule has 2 fully saturated rings. The van der Waals surface area contributed by atoms with Crippen LogP contribution in [0.3, 0.4) is 0 Å². The zero-order chi connectivity index (χ0) is 9.26. The highest BCUT2D eigenvalue weighted by atomic mass is 35.5. The highest BCUT2D eigenvalue weighted by molar-refractivity contribution is 5.85. The van der Waals surface area contributed by atoms with Gasteiger partial charge < -0.3 is 10.4 Å². The monoisotopic (exact) mass is 255 g/mol. The van der Waals surface area contributed by atoms with Gasteiger partial charge in [0.1, 0.15) is 0 Å². The maximum Gasteiger partial charge on any atom is 0.306 e. The minimum absolute atomic E-state index is 0. The number of hydrogen-bond acceptors (Lipinski definition) is 2. The summed E-state index contributed by atoms with van der Waals surface area (Å²) in [6.45, 7) is 2.04. The van der Waals surface area contributed by atoms with Crippen molar-refractivity contribution in [3.63, 3.8) is 0 Å². The fraction of sp³-hybridized carbons (Fsp3) is 0.900. The van der Waals surface area contributed by atoms with Gasteiger partial charge in [-0.3, -0.25) is 4.79 Å². The Balaban J connectivity index is 0.000000980. The van der Waals surface area contributed by atoms with E-state index in [1.54, 1.807) is 0 Å². The smallest absolute Gasteiger partial charge is 0.306 e. The lowest BCUT2D eigenvalue weighted by molar-refractivity contribution is -0.146. The molecule has 0 bridgehead atoms. The zero-order valence-electron chi connectivity index (χ0n) is 8.65. The van der Waals surface area contributed by atoms with Crippen molar-refractivity contribution in [1.29, 1.82) is 0 Å². The molecule has 1 saturated heterocycles. The molecule has 2 aliphatic rings. The molecule has 0 aromatic heterocycles. The Bertz CT molecular complexity index is 212. The average molecular weight is 256 g/mol. The van der Waals surface area contributed by atoms with Gasteiger partial charge in [-0.2, -0.15) is 0 Å². The molecule has 0 radical (unpaired) electrons. The first-order valence-corrected chi connectivity index (χ1v) is 5.22. The number of carboxylic acids is 1. The van der Waals surface area contributed by atoms with Gasteiger partial charge in [0.05, 0.1) is 5.92 Å². The van der Waals surface area contributed by atoms with E-state index in [9.17, 15) is 4.79 Å². The molecule has 90 valence electrons. The number of piperidine rings is 1. The van der Waals surface area contributed by atoms with Gasteiger partial charge in [-0.05, 0) is 44.2 Å². The number of halogens is 2. The molecule has 2 N–H and O–H groups in total. The van der Waals surface area contributed by atoms with Crippen LogP contribution in [0, 0.1) is 17.8 Å². The van der Waals surface area contributed by atoms with Gasteiger partial charge in [-0.25, -0.2) is 0 Å². The summed E-state index contributed by atoms with van der Waals surface area (Å²) in [5.74, 6) is 0.452. The molecule has 5 heteroatoms. The standard InChI is InChI=1S/C10H17NO2.2ClH/c12-10(13)9-3-1-2-7-6-11-5-4-8(7)9;;/h7-9,11H,1-6H2,(H,12,13);2*1H. The normalized spacial score (nSPS) is 34.3. The van der Waals surface area contributed by atoms with E-state index >= 15 is 0 Å². The first-order chi connectivity index (χ1) is 6.29. The van der Waals surface area contributed by atoms with E-state index in [4.69, 9.17) is 5.11 Å². The molecule has 3 nitrogen and oxygen atoms in total. The highest BCUT2D eigenvalue weighted by Gasteiger charge is 2.38. The number of rotatable bonds is 1. The van der Waals surface area contributed by atoms with Gasteiger partial charge in [0.15, 0.2) is 0 Å². The highest BCUT2D eigenvalue weighted by Crippen LogP contribution is 2.38. The van der Waals surface area contributed by atoms with Gasteiger partial charge in [0.25, 0.3) is 0 Å². The Labute approximate surface area is 103 Å². The van der Waals surface area contributed by atoms with Crippen molar-refractivity contribution in [3.05, 3.63) is 0 Å². The lowest BCUT2D eigenvalue weighted by Crippen LogP contribution is -2.44. The molecule has 1 aliphatic carbocycles. The van der Waals surface area contributed by atoms with Crippen molar-refractivity contribution in [2.75, 3.05) is 13.1 Å². The Morgan fingerprint density at radius 2 is 1.93 bits per heavy atom. The van der Waals surface area contributed by atoms with E-state index < -0.39 is 5.97 Å². The summed E-state index contributed by atoms with van der Waals surface area (Å²) >= 11 is 0. The van der Waals surface area contributed by atoms with Crippen LogP contribution < -0.4 is 5.32 Å². The van der Waals surface area contributed by atoms with Gasteiger partial charge in [-0.1, -0.05) is 6.42 Å². The van der Waals surface area contributed by atoms with Crippen molar-refractivity contribution in [2.24, 2.45) is 17.8 Å². The predicted octanol–water partition coefficient (Wildman–Crippen LogP) is 1.94. The van der Waals surface area contributed by atoms with E-state index in [-0.39, 0.29) is 30.7 Å². The number of nitrogens with one attached hydrogen (secondary N) is 1. The lowest BCUT2D eigenvalue weighted by atomic mass is 9.69. The van der Waals surface area contributed by atoms with Crippen LogP contribution in [0.15, 0.2) is 0 Å². The number of aliphatic carboxylic acids is 1. The van der Waals surface area contributed by atoms with Crippen LogP contribution in [0.1, 0.15) is 25.7 Å². The largest absolute Gasteiger partial charge is 0.481 e. The third kappa shape index (κ3) is 3.23. The van der Waals surface area contributed by atoms with Crippen LogP contribution in [0.4, 0.5) is 0 Å². The summed E-state index contributed by atoms with van der Waals surface area (Å²) in [6, 6.07) is 0. The number of fused-ring (bicyclic) bond motifs is 1. The van der Waals surface area contributed by atoms with Crippen molar-refractivity contribution in [1.82, 2.24) is 5.32 Å². The van der Waals surface area contributed by atoms with E-state index in [0.717, 1.165) is 32.4 Å². The Morgan fingerprint density at radius 1 is 1.20 bits per heavy atom. The van der Waals surface area contributed by atoms with Crippen molar-refractivity contribution >= 4 is 30.8 Å². The van der Waals surface area contributed by atoms with Crippen LogP contribution in [-0.2, 0) is 4.79 Å². The third-order valence-corrected chi connectivity index (χ3v) is 3.59. The first kappa shape index (κ1) is 15.0. The molecule has 1 saturated carbocycles. The molecule has 2 rings (SSSR count). The molecule has 1 heterocycles. The molecule has 0 aromatic carbocycles. The first-order valence-electron chi connectivity index (χ1n) is 5.22. The molecule has 15 heavy (non-hydrogen) atoms. The number of carbonyl (C=O) groups is 1. The van der Waals surface area contributed by atoms with Gasteiger partial charge >= 0.3 is 5.97 Å². The summed E-state index contributed by atoms with van der Waals surface area (Å²) in [7, 11) is 0. The van der Waals surface area contributed by atoms with E-state index in [1.165, 1.54) is 6.42 Å². The summed E-state index contributed by atoms with van der Waals surface area (Å²) in [5, 5.41) is 12.4. The van der Waals surface area contributed by atoms with Crippen LogP contribution in [-0.4, -0.2) is 24.2 Å². The molecule has 0 spiro atoms. The molecular formula is C10H19Cl2NO2. The third-order valence-electron chi connectivity index (χ3n) is 3.59. The Hall–Kier alpha value is 0.01000. The van der Waals surface area contributed by atoms with Gasteiger partial charge in [0.2, 0.25) is 0 Å². The molecule has 3 unspecified atom stereocenters. The average Bonchev–Trinajstić information content (AvgIpc) is 2.17.